The monoisotopic (exact) mass is 413 g/mol. The number of nitro groups is 1. The van der Waals surface area contributed by atoms with Crippen molar-refractivity contribution in [2.24, 2.45) is 4.99 Å². The molecule has 0 spiro atoms. The van der Waals surface area contributed by atoms with Crippen LogP contribution in [0.5, 0.6) is 0 Å². The molecule has 7 nitrogen and oxygen atoms in total. The van der Waals surface area contributed by atoms with E-state index in [2.05, 4.69) is 9.71 Å². The third kappa shape index (κ3) is 3.70. The smallest absolute Gasteiger partial charge is 0.291 e. The summed E-state index contributed by atoms with van der Waals surface area (Å²) in [5.74, 6) is 0. The molecule has 148 valence electrons. The van der Waals surface area contributed by atoms with Crippen molar-refractivity contribution >= 4 is 27.6 Å². The summed E-state index contributed by atoms with van der Waals surface area (Å²) >= 11 is 0. The number of hydrogen-bond donors (Lipinski definition) is 1. The number of benzene rings is 2. The van der Waals surface area contributed by atoms with Crippen LogP contribution in [0.2, 0.25) is 0 Å². The second-order valence-corrected chi connectivity index (χ2v) is 8.06. The van der Waals surface area contributed by atoms with Crippen molar-refractivity contribution in [2.75, 3.05) is 11.3 Å². The molecule has 0 bridgehead atoms. The van der Waals surface area contributed by atoms with Crippen molar-refractivity contribution in [3.05, 3.63) is 68.8 Å². The summed E-state index contributed by atoms with van der Waals surface area (Å²) in [6, 6.07) is 6.91. The molecule has 0 aromatic heterocycles. The molecule has 0 saturated carbocycles. The minimum atomic E-state index is -4.57. The van der Waals surface area contributed by atoms with Gasteiger partial charge in [0.1, 0.15) is 10.9 Å². The van der Waals surface area contributed by atoms with Gasteiger partial charge in [0.05, 0.1) is 17.0 Å². The zero-order chi connectivity index (χ0) is 20.7. The van der Waals surface area contributed by atoms with Gasteiger partial charge in [-0.2, -0.15) is 13.2 Å². The number of halogens is 3. The molecule has 1 N–H and O–H groups in total. The summed E-state index contributed by atoms with van der Waals surface area (Å²) in [5.41, 5.74) is -1.08. The molecule has 1 unspecified atom stereocenters. The molecule has 0 fully saturated rings. The van der Waals surface area contributed by atoms with E-state index >= 15 is 0 Å². The highest BCUT2D eigenvalue weighted by molar-refractivity contribution is 7.93. The first-order chi connectivity index (χ1) is 13.0. The van der Waals surface area contributed by atoms with Gasteiger partial charge < -0.3 is 0 Å². The van der Waals surface area contributed by atoms with Crippen LogP contribution in [-0.2, 0) is 16.2 Å². The molecule has 28 heavy (non-hydrogen) atoms. The van der Waals surface area contributed by atoms with E-state index in [0.717, 1.165) is 18.2 Å². The molecule has 0 aliphatic carbocycles. The molecule has 1 aliphatic heterocycles. The number of para-hydroxylation sites is 1. The van der Waals surface area contributed by atoms with Gasteiger partial charge in [-0.25, -0.2) is 8.42 Å². The topological polar surface area (TPSA) is 102 Å². The number of hydrogen-bond acceptors (Lipinski definition) is 5. The van der Waals surface area contributed by atoms with Gasteiger partial charge in [0.25, 0.3) is 5.69 Å². The van der Waals surface area contributed by atoms with Crippen LogP contribution in [0.3, 0.4) is 0 Å². The molecule has 0 amide bonds. The average molecular weight is 413 g/mol. The van der Waals surface area contributed by atoms with Crippen molar-refractivity contribution in [3.8, 4) is 0 Å². The van der Waals surface area contributed by atoms with Gasteiger partial charge >= 0.3 is 6.18 Å². The zero-order valence-electron chi connectivity index (χ0n) is 14.4. The maximum absolute atomic E-state index is 12.9. The van der Waals surface area contributed by atoms with Gasteiger partial charge in [0, 0.05) is 11.8 Å². The molecule has 0 saturated heterocycles. The standard InChI is InChI=1S/C17H14F3N3O4S/c1-10-3-2-4-14(16(10)23(24)25)22-28(26,27)15-9-21-8-11-7-12(17(18,19)20)5-6-13(11)15/h2-8,15,22H,9H2,1H3. The molecule has 11 heteroatoms. The summed E-state index contributed by atoms with van der Waals surface area (Å²) in [5, 5.41) is 9.99. The van der Waals surface area contributed by atoms with E-state index in [-0.39, 0.29) is 28.9 Å². The van der Waals surface area contributed by atoms with Gasteiger partial charge in [0.2, 0.25) is 10.0 Å². The van der Waals surface area contributed by atoms with Crippen molar-refractivity contribution in [3.63, 3.8) is 0 Å². The van der Waals surface area contributed by atoms with Crippen LogP contribution >= 0.6 is 0 Å². The normalized spacial score (nSPS) is 16.5. The Morgan fingerprint density at radius 3 is 2.61 bits per heavy atom. The minimum Gasteiger partial charge on any atom is -0.291 e. The maximum atomic E-state index is 12.9. The van der Waals surface area contributed by atoms with E-state index in [0.29, 0.717) is 0 Å². The van der Waals surface area contributed by atoms with Crippen LogP contribution in [0.25, 0.3) is 0 Å². The molecular weight excluding hydrogens is 399 g/mol. The lowest BCUT2D eigenvalue weighted by atomic mass is 10.00. The molecule has 2 aromatic carbocycles. The minimum absolute atomic E-state index is 0.0372. The first-order valence-electron chi connectivity index (χ1n) is 7.97. The number of anilines is 1. The molecular formula is C17H14F3N3O4S. The number of sulfonamides is 1. The number of fused-ring (bicyclic) bond motifs is 1. The largest absolute Gasteiger partial charge is 0.416 e. The van der Waals surface area contributed by atoms with E-state index in [1.807, 2.05) is 0 Å². The number of alkyl halides is 3. The lowest BCUT2D eigenvalue weighted by molar-refractivity contribution is -0.384. The van der Waals surface area contributed by atoms with E-state index in [9.17, 15) is 31.7 Å². The third-order valence-corrected chi connectivity index (χ3v) is 5.97. The number of nitrogens with one attached hydrogen (secondary N) is 1. The van der Waals surface area contributed by atoms with Gasteiger partial charge in [0.15, 0.2) is 0 Å². The Hall–Kier alpha value is -2.95. The number of aliphatic imine (C=N–C) groups is 1. The van der Waals surface area contributed by atoms with Crippen LogP contribution in [0.15, 0.2) is 41.4 Å². The second-order valence-electron chi connectivity index (χ2n) is 6.20. The fourth-order valence-electron chi connectivity index (χ4n) is 2.97. The quantitative estimate of drug-likeness (QED) is 0.608. The number of nitro benzene ring substituents is 1. The first-order valence-corrected chi connectivity index (χ1v) is 9.52. The molecule has 3 rings (SSSR count). The van der Waals surface area contributed by atoms with Crippen LogP contribution in [0, 0.1) is 17.0 Å². The van der Waals surface area contributed by atoms with Crippen LogP contribution in [-0.4, -0.2) is 26.1 Å². The van der Waals surface area contributed by atoms with Gasteiger partial charge in [-0.05, 0) is 36.2 Å². The summed E-state index contributed by atoms with van der Waals surface area (Å²) in [4.78, 5) is 14.4. The van der Waals surface area contributed by atoms with Crippen molar-refractivity contribution in [1.82, 2.24) is 0 Å². The fraction of sp³-hybridized carbons (Fsp3) is 0.235. The SMILES string of the molecule is Cc1cccc(NS(=O)(=O)C2CN=Cc3cc(C(F)(F)F)ccc32)c1[N+](=O)[O-]. The summed E-state index contributed by atoms with van der Waals surface area (Å²) < 4.78 is 66.6. The van der Waals surface area contributed by atoms with Crippen LogP contribution in [0.4, 0.5) is 24.5 Å². The maximum Gasteiger partial charge on any atom is 0.416 e. The van der Waals surface area contributed by atoms with Crippen molar-refractivity contribution in [2.45, 2.75) is 18.3 Å². The molecule has 1 aliphatic rings. The molecule has 1 heterocycles. The average Bonchev–Trinajstić information content (AvgIpc) is 2.59. The van der Waals surface area contributed by atoms with E-state index < -0.39 is 37.6 Å². The highest BCUT2D eigenvalue weighted by Crippen LogP contribution is 2.36. The predicted molar refractivity (Wildman–Crippen MR) is 97.0 cm³/mol. The van der Waals surface area contributed by atoms with Crippen LogP contribution < -0.4 is 4.72 Å². The Balaban J connectivity index is 2.01. The van der Waals surface area contributed by atoms with Gasteiger partial charge in [-0.1, -0.05) is 18.2 Å². The lowest BCUT2D eigenvalue weighted by Gasteiger charge is -2.23. The Morgan fingerprint density at radius 1 is 1.25 bits per heavy atom. The number of nitrogens with zero attached hydrogens (tertiary/aromatic N) is 2. The zero-order valence-corrected chi connectivity index (χ0v) is 15.2. The second kappa shape index (κ2) is 6.89. The third-order valence-electron chi connectivity index (χ3n) is 4.31. The van der Waals surface area contributed by atoms with E-state index in [4.69, 9.17) is 0 Å². The molecule has 2 aromatic rings. The van der Waals surface area contributed by atoms with Crippen molar-refractivity contribution in [1.29, 1.82) is 0 Å². The Labute approximate surface area is 158 Å². The predicted octanol–water partition coefficient (Wildman–Crippen LogP) is 3.84. The first kappa shape index (κ1) is 19.8. The van der Waals surface area contributed by atoms with Crippen LogP contribution in [0.1, 0.15) is 27.5 Å². The van der Waals surface area contributed by atoms with E-state index in [1.54, 1.807) is 0 Å². The fourth-order valence-corrected chi connectivity index (χ4v) is 4.42. The number of rotatable bonds is 4. The Morgan fingerprint density at radius 2 is 1.96 bits per heavy atom. The highest BCUT2D eigenvalue weighted by Gasteiger charge is 2.36. The molecule has 1 atom stereocenters. The molecule has 0 radical (unpaired) electrons. The van der Waals surface area contributed by atoms with Crippen molar-refractivity contribution < 1.29 is 26.5 Å². The van der Waals surface area contributed by atoms with Gasteiger partial charge in [-0.15, -0.1) is 0 Å². The summed E-state index contributed by atoms with van der Waals surface area (Å²) in [6.45, 7) is 1.25. The number of aryl methyl sites for hydroxylation is 1. The lowest BCUT2D eigenvalue weighted by Crippen LogP contribution is -2.27. The Bertz CT molecular complexity index is 1080. The summed E-state index contributed by atoms with van der Waals surface area (Å²) in [6.07, 6.45) is -3.39. The van der Waals surface area contributed by atoms with Gasteiger partial charge in [-0.3, -0.25) is 19.8 Å². The van der Waals surface area contributed by atoms with E-state index in [1.165, 1.54) is 31.3 Å². The Kier molecular flexibility index (Phi) is 4.88. The highest BCUT2D eigenvalue weighted by atomic mass is 32.2. The summed E-state index contributed by atoms with van der Waals surface area (Å²) in [7, 11) is -4.22.